The molecular weight excluding hydrogens is 348 g/mol. The zero-order valence-electron chi connectivity index (χ0n) is 14.5. The largest absolute Gasteiger partial charge is 0.459 e. The van der Waals surface area contributed by atoms with Crippen LogP contribution in [0.4, 0.5) is 10.7 Å². The number of nitrogens with one attached hydrogen (secondary N) is 1. The van der Waals surface area contributed by atoms with Crippen molar-refractivity contribution in [3.63, 3.8) is 0 Å². The van der Waals surface area contributed by atoms with Crippen LogP contribution in [-0.2, 0) is 0 Å². The summed E-state index contributed by atoms with van der Waals surface area (Å²) in [6, 6.07) is 16.4. The van der Waals surface area contributed by atoms with E-state index in [-0.39, 0.29) is 17.6 Å². The normalized spacial score (nSPS) is 10.5. The predicted molar refractivity (Wildman–Crippen MR) is 104 cm³/mol. The molecule has 1 N–H and O–H groups in total. The molecule has 2 heterocycles. The van der Waals surface area contributed by atoms with Gasteiger partial charge in [0.15, 0.2) is 5.76 Å². The predicted octanol–water partition coefficient (Wildman–Crippen LogP) is 5.04. The molecule has 1 aromatic carbocycles. The van der Waals surface area contributed by atoms with Crippen LogP contribution in [0.2, 0.25) is 0 Å². The van der Waals surface area contributed by atoms with Crippen molar-refractivity contribution in [2.75, 3.05) is 16.8 Å². The van der Waals surface area contributed by atoms with E-state index in [9.17, 15) is 9.59 Å². The minimum Gasteiger partial charge on any atom is -0.459 e. The molecule has 134 valence electrons. The van der Waals surface area contributed by atoms with Crippen molar-refractivity contribution in [2.45, 2.75) is 19.8 Å². The Balaban J connectivity index is 1.75. The molecule has 0 unspecified atom stereocenters. The molecular formula is C20H20N2O3S. The quantitative estimate of drug-likeness (QED) is 0.635. The smallest absolute Gasteiger partial charge is 0.291 e. The molecule has 5 nitrogen and oxygen atoms in total. The average molecular weight is 368 g/mol. The van der Waals surface area contributed by atoms with E-state index in [2.05, 4.69) is 12.2 Å². The van der Waals surface area contributed by atoms with E-state index < -0.39 is 0 Å². The number of unbranched alkanes of at least 4 members (excludes halogenated alkanes) is 1. The molecule has 3 aromatic rings. The van der Waals surface area contributed by atoms with E-state index in [1.165, 1.54) is 17.6 Å². The molecule has 0 aliphatic carbocycles. The zero-order valence-corrected chi connectivity index (χ0v) is 15.3. The Hall–Kier alpha value is -2.86. The Morgan fingerprint density at radius 1 is 1.08 bits per heavy atom. The molecule has 2 amide bonds. The van der Waals surface area contributed by atoms with Gasteiger partial charge in [0.05, 0.1) is 16.1 Å². The molecule has 0 radical (unpaired) electrons. The van der Waals surface area contributed by atoms with E-state index in [4.69, 9.17) is 4.42 Å². The Bertz CT molecular complexity index is 856. The third-order valence-corrected chi connectivity index (χ3v) is 4.84. The summed E-state index contributed by atoms with van der Waals surface area (Å²) in [6.45, 7) is 2.76. The summed E-state index contributed by atoms with van der Waals surface area (Å²) in [4.78, 5) is 27.4. The van der Waals surface area contributed by atoms with Crippen LogP contribution in [-0.4, -0.2) is 18.4 Å². The molecule has 0 bridgehead atoms. The Kier molecular flexibility index (Phi) is 5.86. The first-order chi connectivity index (χ1) is 12.7. The highest BCUT2D eigenvalue weighted by Crippen LogP contribution is 2.26. The number of para-hydroxylation sites is 1. The number of rotatable bonds is 7. The van der Waals surface area contributed by atoms with Crippen molar-refractivity contribution in [3.8, 4) is 0 Å². The van der Waals surface area contributed by atoms with Crippen LogP contribution in [0, 0.1) is 0 Å². The summed E-state index contributed by atoms with van der Waals surface area (Å²) in [5, 5.41) is 3.37. The first-order valence-electron chi connectivity index (χ1n) is 8.50. The van der Waals surface area contributed by atoms with E-state index >= 15 is 0 Å². The van der Waals surface area contributed by atoms with Crippen LogP contribution in [0.3, 0.4) is 0 Å². The molecule has 0 atom stereocenters. The van der Waals surface area contributed by atoms with Gasteiger partial charge in [-0.25, -0.2) is 0 Å². The monoisotopic (exact) mass is 368 g/mol. The number of hydrogen-bond donors (Lipinski definition) is 1. The van der Waals surface area contributed by atoms with Gasteiger partial charge in [-0.3, -0.25) is 9.59 Å². The first-order valence-corrected chi connectivity index (χ1v) is 9.32. The molecule has 0 spiro atoms. The minimum absolute atomic E-state index is 0.0619. The second-order valence-corrected chi connectivity index (χ2v) is 6.82. The van der Waals surface area contributed by atoms with Gasteiger partial charge in [-0.2, -0.15) is 0 Å². The summed E-state index contributed by atoms with van der Waals surface area (Å²) in [7, 11) is 0. The van der Waals surface area contributed by atoms with Crippen molar-refractivity contribution in [3.05, 3.63) is 71.5 Å². The number of carbonyl (C=O) groups excluding carboxylic acids is 2. The maximum absolute atomic E-state index is 13.0. The number of benzene rings is 1. The first kappa shape index (κ1) is 17.9. The van der Waals surface area contributed by atoms with Gasteiger partial charge < -0.3 is 14.6 Å². The second kappa shape index (κ2) is 8.49. The van der Waals surface area contributed by atoms with Crippen LogP contribution in [0.1, 0.15) is 40.0 Å². The standard InChI is InChI=1S/C20H20N2O3S/c1-2-3-13-22(15-8-5-4-6-9-15)20(24)17-11-12-18(26-17)21-19(23)16-10-7-14-25-16/h4-12,14H,2-3,13H2,1H3,(H,21,23). The van der Waals surface area contributed by atoms with Gasteiger partial charge in [-0.15, -0.1) is 11.3 Å². The van der Waals surface area contributed by atoms with Gasteiger partial charge >= 0.3 is 0 Å². The number of amides is 2. The molecule has 6 heteroatoms. The van der Waals surface area contributed by atoms with Gasteiger partial charge in [0.1, 0.15) is 0 Å². The van der Waals surface area contributed by atoms with Gasteiger partial charge in [-0.1, -0.05) is 31.5 Å². The molecule has 0 saturated heterocycles. The molecule has 0 saturated carbocycles. The van der Waals surface area contributed by atoms with Gasteiger partial charge in [0.2, 0.25) is 0 Å². The molecule has 0 fully saturated rings. The maximum Gasteiger partial charge on any atom is 0.291 e. The SMILES string of the molecule is CCCCN(C(=O)c1ccc(NC(=O)c2ccco2)s1)c1ccccc1. The lowest BCUT2D eigenvalue weighted by Gasteiger charge is -2.22. The molecule has 3 rings (SSSR count). The zero-order chi connectivity index (χ0) is 18.4. The molecule has 0 aliphatic rings. The number of thiophene rings is 1. The number of nitrogens with zero attached hydrogens (tertiary/aromatic N) is 1. The highest BCUT2D eigenvalue weighted by Gasteiger charge is 2.20. The Morgan fingerprint density at radius 3 is 2.58 bits per heavy atom. The molecule has 0 aliphatic heterocycles. The number of anilines is 2. The van der Waals surface area contributed by atoms with Crippen molar-refractivity contribution in [1.29, 1.82) is 0 Å². The van der Waals surface area contributed by atoms with Crippen LogP contribution >= 0.6 is 11.3 Å². The highest BCUT2D eigenvalue weighted by atomic mass is 32.1. The van der Waals surface area contributed by atoms with Crippen molar-refractivity contribution < 1.29 is 14.0 Å². The topological polar surface area (TPSA) is 62.6 Å². The van der Waals surface area contributed by atoms with Gasteiger partial charge in [0.25, 0.3) is 11.8 Å². The summed E-state index contributed by atoms with van der Waals surface area (Å²) < 4.78 is 5.08. The second-order valence-electron chi connectivity index (χ2n) is 5.74. The third kappa shape index (κ3) is 4.21. The fourth-order valence-corrected chi connectivity index (χ4v) is 3.36. The van der Waals surface area contributed by atoms with Crippen LogP contribution in [0.25, 0.3) is 0 Å². The average Bonchev–Trinajstić information content (AvgIpc) is 3.35. The Labute approximate surface area is 156 Å². The summed E-state index contributed by atoms with van der Waals surface area (Å²) in [5.74, 6) is -0.157. The number of hydrogen-bond acceptors (Lipinski definition) is 4. The lowest BCUT2D eigenvalue weighted by atomic mass is 10.2. The van der Waals surface area contributed by atoms with E-state index in [1.807, 2.05) is 30.3 Å². The van der Waals surface area contributed by atoms with Crippen LogP contribution in [0.15, 0.2) is 65.3 Å². The maximum atomic E-state index is 13.0. The van der Waals surface area contributed by atoms with Crippen LogP contribution < -0.4 is 10.2 Å². The van der Waals surface area contributed by atoms with Crippen molar-refractivity contribution in [1.82, 2.24) is 0 Å². The van der Waals surface area contributed by atoms with Gasteiger partial charge in [-0.05, 0) is 42.8 Å². The lowest BCUT2D eigenvalue weighted by Crippen LogP contribution is -2.31. The fraction of sp³-hybridized carbons (Fsp3) is 0.200. The van der Waals surface area contributed by atoms with Crippen molar-refractivity contribution in [2.24, 2.45) is 0 Å². The van der Waals surface area contributed by atoms with Crippen molar-refractivity contribution >= 4 is 33.8 Å². The molecule has 26 heavy (non-hydrogen) atoms. The van der Waals surface area contributed by atoms with Crippen LogP contribution in [0.5, 0.6) is 0 Å². The van der Waals surface area contributed by atoms with E-state index in [0.29, 0.717) is 16.4 Å². The lowest BCUT2D eigenvalue weighted by molar-refractivity contribution is 0.0985. The molecule has 2 aromatic heterocycles. The number of carbonyl (C=O) groups is 2. The minimum atomic E-state index is -0.332. The summed E-state index contributed by atoms with van der Waals surface area (Å²) in [5.41, 5.74) is 0.875. The van der Waals surface area contributed by atoms with E-state index in [0.717, 1.165) is 18.5 Å². The summed E-state index contributed by atoms with van der Waals surface area (Å²) in [6.07, 6.45) is 3.38. The fourth-order valence-electron chi connectivity index (χ4n) is 2.51. The highest BCUT2D eigenvalue weighted by molar-refractivity contribution is 7.18. The third-order valence-electron chi connectivity index (χ3n) is 3.85. The number of furan rings is 1. The summed E-state index contributed by atoms with van der Waals surface area (Å²) >= 11 is 1.26. The Morgan fingerprint density at radius 2 is 1.88 bits per heavy atom. The van der Waals surface area contributed by atoms with E-state index in [1.54, 1.807) is 29.2 Å². The van der Waals surface area contributed by atoms with Gasteiger partial charge in [0, 0.05) is 12.2 Å².